The van der Waals surface area contributed by atoms with E-state index in [1.807, 2.05) is 41.5 Å². The smallest absolute Gasteiger partial charge is 0.326 e. The van der Waals surface area contributed by atoms with Crippen LogP contribution in [0, 0.1) is 35.4 Å². The first-order valence-corrected chi connectivity index (χ1v) is 24.1. The van der Waals surface area contributed by atoms with Crippen molar-refractivity contribution in [2.45, 2.75) is 155 Å². The molecule has 7 amide bonds. The van der Waals surface area contributed by atoms with Crippen LogP contribution in [0.15, 0.2) is 36.4 Å². The van der Waals surface area contributed by atoms with Crippen molar-refractivity contribution < 1.29 is 57.3 Å². The second-order valence-corrected chi connectivity index (χ2v) is 19.6. The largest absolute Gasteiger partial charge is 0.480 e. The van der Waals surface area contributed by atoms with E-state index in [1.54, 1.807) is 36.9 Å². The van der Waals surface area contributed by atoms with E-state index in [4.69, 9.17) is 9.47 Å². The first-order valence-electron chi connectivity index (χ1n) is 24.1. The van der Waals surface area contributed by atoms with Crippen molar-refractivity contribution in [2.24, 2.45) is 29.6 Å². The van der Waals surface area contributed by atoms with E-state index in [0.29, 0.717) is 32.1 Å². The first-order chi connectivity index (χ1) is 32.1. The van der Waals surface area contributed by atoms with Gasteiger partial charge in [-0.05, 0) is 61.0 Å². The number of carboxylic acids is 1. The number of likely N-dealkylation sites (N-methyl/N-ethyl adjacent to an activating group) is 2. The number of rotatable bonds is 27. The van der Waals surface area contributed by atoms with Crippen LogP contribution in [0.4, 0.5) is 4.39 Å². The molecule has 68 heavy (non-hydrogen) atoms. The molecule has 0 spiro atoms. The number of ether oxygens (including phenoxy) is 2. The summed E-state index contributed by atoms with van der Waals surface area (Å²) in [6, 6.07) is 1.30. The molecule has 1 aliphatic carbocycles. The van der Waals surface area contributed by atoms with Crippen LogP contribution in [0.5, 0.6) is 0 Å². The summed E-state index contributed by atoms with van der Waals surface area (Å²) in [7, 11) is 6.16. The molecule has 1 saturated carbocycles. The minimum Gasteiger partial charge on any atom is -0.480 e. The molecule has 0 bridgehead atoms. The van der Waals surface area contributed by atoms with Crippen molar-refractivity contribution in [3.05, 3.63) is 47.8 Å². The van der Waals surface area contributed by atoms with Crippen molar-refractivity contribution in [3.8, 4) is 0 Å². The molecular weight excluding hydrogens is 880 g/mol. The SMILES string of the molecule is CCC(C)C(C(CC(=O)N1C2C[C@H]2C[C@H]1C(OC)C(C)C(=O)N[C@@H](Cc1ccccc1F)C(=O)O)OC)N(C)C(=O)[C@@H](NC(=O)C(C(C)C)N(C)C(=O)CCCCCN1C(=O)C=CC1=O)C(C)C. The number of unbranched alkanes of at least 4 members (excludes halogenated alkanes) is 2. The number of likely N-dealkylation sites (tertiary alicyclic amines) is 1. The van der Waals surface area contributed by atoms with Gasteiger partial charge in [-0.25, -0.2) is 9.18 Å². The summed E-state index contributed by atoms with van der Waals surface area (Å²) in [6.07, 6.45) is 4.31. The number of nitrogens with one attached hydrogen (secondary N) is 2. The fourth-order valence-corrected chi connectivity index (χ4v) is 10.00. The van der Waals surface area contributed by atoms with Gasteiger partial charge in [0.15, 0.2) is 0 Å². The third-order valence-electron chi connectivity index (χ3n) is 14.2. The number of halogens is 1. The third kappa shape index (κ3) is 13.5. The van der Waals surface area contributed by atoms with Gasteiger partial charge in [0.2, 0.25) is 29.5 Å². The number of aliphatic carboxylic acids is 1. The standard InChI is InChI=1S/C50H75FN6O11/c1-12-30(6)45(55(9)49(64)43(28(2)3)53-48(63)44(29(4)5)54(8)39(58)20-14-13-17-23-56-40(59)21-22-41(56)60)38(67-10)27-42(61)57-36-25-33(36)26-37(57)46(68-11)31(7)47(62)52-35(50(65)66)24-32-18-15-16-19-34(32)51/h15-16,18-19,21-22,28-31,33,35-38,43-46H,12-14,17,20,23-27H2,1-11H3,(H,52,62)(H,53,63)(H,65,66)/t30?,31?,33-,35-,36?,37-,38?,43-,44?,45?,46?/m0/s1. The number of amides is 7. The van der Waals surface area contributed by atoms with Gasteiger partial charge >= 0.3 is 5.97 Å². The van der Waals surface area contributed by atoms with Crippen LogP contribution in [-0.2, 0) is 54.3 Å². The van der Waals surface area contributed by atoms with Crippen LogP contribution in [0.3, 0.4) is 0 Å². The number of fused-ring (bicyclic) bond motifs is 1. The molecule has 1 aromatic rings. The molecule has 11 atom stereocenters. The van der Waals surface area contributed by atoms with Crippen molar-refractivity contribution >= 4 is 47.3 Å². The van der Waals surface area contributed by atoms with E-state index in [-0.39, 0.29) is 90.6 Å². The van der Waals surface area contributed by atoms with Gasteiger partial charge in [-0.1, -0.05) is 79.5 Å². The first kappa shape index (κ1) is 55.4. The molecule has 3 aliphatic rings. The number of carbonyl (C=O) groups excluding carboxylic acids is 7. The summed E-state index contributed by atoms with van der Waals surface area (Å²) in [5.74, 6) is -6.07. The monoisotopic (exact) mass is 955 g/mol. The second kappa shape index (κ2) is 24.9. The lowest BCUT2D eigenvalue weighted by Gasteiger charge is -2.41. The topological polar surface area (TPSA) is 212 Å². The molecule has 3 N–H and O–H groups in total. The molecule has 1 saturated heterocycles. The lowest BCUT2D eigenvalue weighted by atomic mass is 9.89. The third-order valence-corrected chi connectivity index (χ3v) is 14.2. The number of carbonyl (C=O) groups is 8. The molecular formula is C50H75FN6O11. The number of piperidine rings is 1. The van der Waals surface area contributed by atoms with E-state index in [1.165, 1.54) is 49.5 Å². The lowest BCUT2D eigenvalue weighted by Crippen LogP contribution is -2.60. The Hall–Kier alpha value is -5.23. The van der Waals surface area contributed by atoms with E-state index < -0.39 is 71.9 Å². The van der Waals surface area contributed by atoms with Gasteiger partial charge in [-0.2, -0.15) is 0 Å². The molecule has 0 radical (unpaired) electrons. The number of hydrogen-bond donors (Lipinski definition) is 3. The van der Waals surface area contributed by atoms with E-state index in [9.17, 15) is 47.9 Å². The highest BCUT2D eigenvalue weighted by Crippen LogP contribution is 2.50. The Morgan fingerprint density at radius 1 is 0.853 bits per heavy atom. The van der Waals surface area contributed by atoms with E-state index in [0.717, 1.165) is 11.3 Å². The second-order valence-electron chi connectivity index (χ2n) is 19.6. The number of methoxy groups -OCH3 is 2. The highest BCUT2D eigenvalue weighted by Gasteiger charge is 2.57. The zero-order valence-electron chi connectivity index (χ0n) is 41.7. The molecule has 7 unspecified atom stereocenters. The van der Waals surface area contributed by atoms with Crippen LogP contribution >= 0.6 is 0 Å². The molecule has 1 aromatic carbocycles. The highest BCUT2D eigenvalue weighted by atomic mass is 19.1. The highest BCUT2D eigenvalue weighted by molar-refractivity contribution is 6.12. The van der Waals surface area contributed by atoms with Gasteiger partial charge in [0.05, 0.1) is 36.6 Å². The Morgan fingerprint density at radius 2 is 1.50 bits per heavy atom. The van der Waals surface area contributed by atoms with E-state index >= 15 is 0 Å². The Morgan fingerprint density at radius 3 is 2.06 bits per heavy atom. The summed E-state index contributed by atoms with van der Waals surface area (Å²) in [5.41, 5.74) is 0.147. The van der Waals surface area contributed by atoms with Gasteiger partial charge in [0.1, 0.15) is 23.9 Å². The normalized spacial score (nSPS) is 21.1. The average Bonchev–Trinajstić information content (AvgIpc) is 3.84. The maximum Gasteiger partial charge on any atom is 0.326 e. The summed E-state index contributed by atoms with van der Waals surface area (Å²) >= 11 is 0. The van der Waals surface area contributed by atoms with Gasteiger partial charge in [-0.3, -0.25) is 38.5 Å². The fourth-order valence-electron chi connectivity index (χ4n) is 10.00. The van der Waals surface area contributed by atoms with Crippen LogP contribution in [0.25, 0.3) is 0 Å². The molecule has 2 aliphatic heterocycles. The fraction of sp³-hybridized carbons (Fsp3) is 0.680. The maximum atomic E-state index is 14.6. The summed E-state index contributed by atoms with van der Waals surface area (Å²) in [5, 5.41) is 15.5. The number of hydrogen-bond acceptors (Lipinski definition) is 10. The van der Waals surface area contributed by atoms with Gasteiger partial charge in [0, 0.05) is 65.9 Å². The van der Waals surface area contributed by atoms with E-state index in [2.05, 4.69) is 10.6 Å². The summed E-state index contributed by atoms with van der Waals surface area (Å²) in [6.45, 7) is 13.1. The van der Waals surface area contributed by atoms with Crippen LogP contribution < -0.4 is 10.6 Å². The zero-order valence-corrected chi connectivity index (χ0v) is 41.7. The zero-order chi connectivity index (χ0) is 50.7. The van der Waals surface area contributed by atoms with Gasteiger partial charge in [-0.15, -0.1) is 0 Å². The van der Waals surface area contributed by atoms with Crippen LogP contribution in [-0.4, -0.2) is 155 Å². The van der Waals surface area contributed by atoms with Crippen LogP contribution in [0.2, 0.25) is 0 Å². The quantitative estimate of drug-likeness (QED) is 0.0849. The Balaban J connectivity index is 1.44. The van der Waals surface area contributed by atoms with Crippen LogP contribution in [0.1, 0.15) is 105 Å². The maximum absolute atomic E-state index is 14.6. The number of nitrogens with zero attached hydrogens (tertiary/aromatic N) is 4. The average molecular weight is 955 g/mol. The van der Waals surface area contributed by atoms with Gasteiger partial charge < -0.3 is 39.9 Å². The molecule has 0 aromatic heterocycles. The number of carboxylic acid groups (broad SMARTS) is 1. The Labute approximate surface area is 400 Å². The lowest BCUT2D eigenvalue weighted by molar-refractivity contribution is -0.149. The molecule has 18 heteroatoms. The predicted molar refractivity (Wildman–Crippen MR) is 251 cm³/mol. The molecule has 2 heterocycles. The number of imide groups is 1. The van der Waals surface area contributed by atoms with Crippen molar-refractivity contribution in [3.63, 3.8) is 0 Å². The molecule has 4 rings (SSSR count). The minimum atomic E-state index is -1.40. The van der Waals surface area contributed by atoms with Crippen molar-refractivity contribution in [2.75, 3.05) is 34.9 Å². The summed E-state index contributed by atoms with van der Waals surface area (Å²) in [4.78, 5) is 112. The van der Waals surface area contributed by atoms with Crippen molar-refractivity contribution in [1.29, 1.82) is 0 Å². The minimum absolute atomic E-state index is 0.0805. The molecule has 378 valence electrons. The molecule has 17 nitrogen and oxygen atoms in total. The predicted octanol–water partition coefficient (Wildman–Crippen LogP) is 3.97. The Kier molecular flexibility index (Phi) is 20.3. The number of benzene rings is 1. The van der Waals surface area contributed by atoms with Crippen molar-refractivity contribution in [1.82, 2.24) is 30.2 Å². The summed E-state index contributed by atoms with van der Waals surface area (Å²) < 4.78 is 26.4. The Bertz CT molecular complexity index is 2000. The molecule has 2 fully saturated rings. The van der Waals surface area contributed by atoms with Gasteiger partial charge in [0.25, 0.3) is 11.8 Å².